The van der Waals surface area contributed by atoms with Gasteiger partial charge in [0.2, 0.25) is 5.89 Å². The van der Waals surface area contributed by atoms with E-state index in [1.807, 2.05) is 36.6 Å². The minimum absolute atomic E-state index is 0.456. The molecule has 140 valence electrons. The summed E-state index contributed by atoms with van der Waals surface area (Å²) in [4.78, 5) is 9.83. The highest BCUT2D eigenvalue weighted by molar-refractivity contribution is 5.52. The van der Waals surface area contributed by atoms with Crippen LogP contribution in [-0.4, -0.2) is 61.2 Å². The van der Waals surface area contributed by atoms with Crippen LogP contribution in [0.1, 0.15) is 25.0 Å². The molecule has 2 aliphatic heterocycles. The first kappa shape index (κ1) is 17.7. The summed E-state index contributed by atoms with van der Waals surface area (Å²) in [6.07, 6.45) is 5.76. The molecule has 1 atom stereocenters. The van der Waals surface area contributed by atoms with Crippen LogP contribution in [0.2, 0.25) is 0 Å². The molecule has 5 heteroatoms. The zero-order valence-electron chi connectivity index (χ0n) is 15.7. The number of hydrogen-bond donors (Lipinski definition) is 0. The zero-order chi connectivity index (χ0) is 17.8. The molecule has 1 aromatic heterocycles. The minimum Gasteiger partial charge on any atom is -0.444 e. The molecule has 0 saturated carbocycles. The van der Waals surface area contributed by atoms with Crippen molar-refractivity contribution >= 4 is 0 Å². The molecular weight excluding hydrogens is 326 g/mol. The highest BCUT2D eigenvalue weighted by atomic mass is 16.5. The van der Waals surface area contributed by atoms with E-state index < -0.39 is 0 Å². The number of nitrogens with zero attached hydrogens (tertiary/aromatic N) is 3. The molecule has 2 aromatic rings. The summed E-state index contributed by atoms with van der Waals surface area (Å²) < 4.78 is 11.0. The maximum atomic E-state index is 5.70. The van der Waals surface area contributed by atoms with Gasteiger partial charge in [-0.3, -0.25) is 4.90 Å². The number of methoxy groups -OCH3 is 1. The summed E-state index contributed by atoms with van der Waals surface area (Å²) in [6, 6.07) is 10.1. The van der Waals surface area contributed by atoms with Crippen LogP contribution in [0.25, 0.3) is 11.5 Å². The molecule has 4 rings (SSSR count). The highest BCUT2D eigenvalue weighted by Gasteiger charge is 2.41. The Morgan fingerprint density at radius 3 is 2.81 bits per heavy atom. The Bertz CT molecular complexity index is 702. The van der Waals surface area contributed by atoms with E-state index in [2.05, 4.69) is 9.80 Å². The number of oxazole rings is 1. The van der Waals surface area contributed by atoms with Crippen LogP contribution in [0.15, 0.2) is 41.0 Å². The van der Waals surface area contributed by atoms with E-state index in [0.29, 0.717) is 5.41 Å². The van der Waals surface area contributed by atoms with Crippen molar-refractivity contribution in [3.05, 3.63) is 42.3 Å². The summed E-state index contributed by atoms with van der Waals surface area (Å²) in [5.74, 6) is 0.720. The monoisotopic (exact) mass is 355 g/mol. The molecule has 0 amide bonds. The molecule has 2 fully saturated rings. The van der Waals surface area contributed by atoms with E-state index >= 15 is 0 Å². The molecule has 5 nitrogen and oxygen atoms in total. The van der Waals surface area contributed by atoms with Gasteiger partial charge >= 0.3 is 0 Å². The van der Waals surface area contributed by atoms with Crippen LogP contribution in [0.4, 0.5) is 0 Å². The number of rotatable bonds is 6. The summed E-state index contributed by atoms with van der Waals surface area (Å²) in [7, 11) is 1.79. The Hall–Kier alpha value is -1.69. The largest absolute Gasteiger partial charge is 0.444 e. The van der Waals surface area contributed by atoms with Gasteiger partial charge in [-0.25, -0.2) is 4.98 Å². The van der Waals surface area contributed by atoms with Crippen molar-refractivity contribution < 1.29 is 9.15 Å². The van der Waals surface area contributed by atoms with Crippen molar-refractivity contribution in [3.8, 4) is 11.5 Å². The van der Waals surface area contributed by atoms with Crippen LogP contribution in [0.5, 0.6) is 0 Å². The van der Waals surface area contributed by atoms with Gasteiger partial charge in [0.1, 0.15) is 6.26 Å². The summed E-state index contributed by atoms with van der Waals surface area (Å²) in [5, 5.41) is 0. The number of likely N-dealkylation sites (tertiary alicyclic amines) is 2. The first-order chi connectivity index (χ1) is 12.8. The third-order valence-electron chi connectivity index (χ3n) is 5.83. The second kappa shape index (κ2) is 7.91. The molecule has 2 saturated heterocycles. The summed E-state index contributed by atoms with van der Waals surface area (Å²) in [6.45, 7) is 7.53. The quantitative estimate of drug-likeness (QED) is 0.795. The van der Waals surface area contributed by atoms with E-state index in [-0.39, 0.29) is 0 Å². The normalized spacial score (nSPS) is 24.5. The molecule has 0 bridgehead atoms. The van der Waals surface area contributed by atoms with Crippen molar-refractivity contribution in [3.63, 3.8) is 0 Å². The Morgan fingerprint density at radius 2 is 1.96 bits per heavy atom. The number of ether oxygens (including phenoxy) is 1. The van der Waals surface area contributed by atoms with E-state index in [0.717, 1.165) is 43.4 Å². The van der Waals surface area contributed by atoms with Crippen LogP contribution in [-0.2, 0) is 11.3 Å². The minimum atomic E-state index is 0.456. The first-order valence-electron chi connectivity index (χ1n) is 9.70. The van der Waals surface area contributed by atoms with Gasteiger partial charge in [0.05, 0.1) is 12.3 Å². The second-order valence-electron chi connectivity index (χ2n) is 7.84. The van der Waals surface area contributed by atoms with Crippen molar-refractivity contribution in [2.24, 2.45) is 5.41 Å². The lowest BCUT2D eigenvalue weighted by molar-refractivity contribution is 0.0673. The molecule has 1 unspecified atom stereocenters. The Morgan fingerprint density at radius 1 is 1.12 bits per heavy atom. The SMILES string of the molecule is COCCN1CCCC2(CCN(Cc3coc(-c4ccccc4)n3)C2)C1. The molecule has 1 aromatic carbocycles. The lowest BCUT2D eigenvalue weighted by Gasteiger charge is -2.40. The Balaban J connectivity index is 1.35. The van der Waals surface area contributed by atoms with Gasteiger partial charge in [0.25, 0.3) is 0 Å². The third-order valence-corrected chi connectivity index (χ3v) is 5.83. The third kappa shape index (κ3) is 4.00. The van der Waals surface area contributed by atoms with Gasteiger partial charge in [0.15, 0.2) is 0 Å². The molecule has 0 radical (unpaired) electrons. The lowest BCUT2D eigenvalue weighted by atomic mass is 9.79. The number of benzene rings is 1. The van der Waals surface area contributed by atoms with Gasteiger partial charge in [-0.2, -0.15) is 0 Å². The van der Waals surface area contributed by atoms with Crippen LogP contribution in [0.3, 0.4) is 0 Å². The van der Waals surface area contributed by atoms with Crippen molar-refractivity contribution in [2.45, 2.75) is 25.8 Å². The van der Waals surface area contributed by atoms with Crippen LogP contribution < -0.4 is 0 Å². The van der Waals surface area contributed by atoms with Crippen LogP contribution in [0, 0.1) is 5.41 Å². The molecule has 2 aliphatic rings. The first-order valence-corrected chi connectivity index (χ1v) is 9.70. The molecular formula is C21H29N3O2. The molecule has 26 heavy (non-hydrogen) atoms. The van der Waals surface area contributed by atoms with E-state index in [4.69, 9.17) is 14.1 Å². The van der Waals surface area contributed by atoms with Gasteiger partial charge in [-0.1, -0.05) is 18.2 Å². The fourth-order valence-electron chi connectivity index (χ4n) is 4.54. The Kier molecular flexibility index (Phi) is 5.38. The molecule has 0 aliphatic carbocycles. The topological polar surface area (TPSA) is 41.7 Å². The van der Waals surface area contributed by atoms with E-state index in [1.165, 1.54) is 38.9 Å². The molecule has 3 heterocycles. The summed E-state index contributed by atoms with van der Waals surface area (Å²) in [5.41, 5.74) is 2.53. The predicted molar refractivity (Wildman–Crippen MR) is 102 cm³/mol. The second-order valence-corrected chi connectivity index (χ2v) is 7.84. The number of piperidine rings is 1. The van der Waals surface area contributed by atoms with E-state index in [1.54, 1.807) is 7.11 Å². The van der Waals surface area contributed by atoms with Crippen molar-refractivity contribution in [2.75, 3.05) is 46.4 Å². The Labute approximate surface area is 156 Å². The predicted octanol–water partition coefficient (Wildman–Crippen LogP) is 3.28. The highest BCUT2D eigenvalue weighted by Crippen LogP contribution is 2.39. The van der Waals surface area contributed by atoms with Gasteiger partial charge < -0.3 is 14.1 Å². The number of hydrogen-bond acceptors (Lipinski definition) is 5. The molecule has 0 N–H and O–H groups in total. The zero-order valence-corrected chi connectivity index (χ0v) is 15.7. The van der Waals surface area contributed by atoms with E-state index in [9.17, 15) is 0 Å². The van der Waals surface area contributed by atoms with Gasteiger partial charge in [-0.05, 0) is 49.9 Å². The average Bonchev–Trinajstić information content (AvgIpc) is 3.29. The van der Waals surface area contributed by atoms with Gasteiger partial charge in [-0.15, -0.1) is 0 Å². The fraction of sp³-hybridized carbons (Fsp3) is 0.571. The maximum absolute atomic E-state index is 5.70. The lowest BCUT2D eigenvalue weighted by Crippen LogP contribution is -2.45. The smallest absolute Gasteiger partial charge is 0.226 e. The van der Waals surface area contributed by atoms with Crippen molar-refractivity contribution in [1.82, 2.24) is 14.8 Å². The van der Waals surface area contributed by atoms with Crippen LogP contribution >= 0.6 is 0 Å². The molecule has 1 spiro atoms. The standard InChI is InChI=1S/C21H29N3O2/c1-25-13-12-23-10-5-8-21(16-23)9-11-24(17-21)14-19-15-26-20(22-19)18-6-3-2-4-7-18/h2-4,6-7,15H,5,8-14,16-17H2,1H3. The maximum Gasteiger partial charge on any atom is 0.226 e. The van der Waals surface area contributed by atoms with Gasteiger partial charge in [0, 0.05) is 38.9 Å². The summed E-state index contributed by atoms with van der Waals surface area (Å²) >= 11 is 0. The van der Waals surface area contributed by atoms with Crippen molar-refractivity contribution in [1.29, 1.82) is 0 Å². The fourth-order valence-corrected chi connectivity index (χ4v) is 4.54. The number of aromatic nitrogens is 1. The average molecular weight is 355 g/mol.